The van der Waals surface area contributed by atoms with Gasteiger partial charge < -0.3 is 25.4 Å². The molecular weight excluding hydrogens is 234 g/mol. The van der Waals surface area contributed by atoms with Crippen LogP contribution in [0, 0.1) is 0 Å². The van der Waals surface area contributed by atoms with Crippen molar-refractivity contribution >= 4 is 0 Å². The minimum absolute atomic E-state index is 0.0301. The molecule has 1 rings (SSSR count). The molecule has 1 aromatic carbocycles. The third-order valence-electron chi connectivity index (χ3n) is 2.83. The average Bonchev–Trinajstić information content (AvgIpc) is 2.36. The van der Waals surface area contributed by atoms with Crippen LogP contribution in [0.2, 0.25) is 0 Å². The van der Waals surface area contributed by atoms with Crippen LogP contribution in [-0.2, 0) is 0 Å². The lowest BCUT2D eigenvalue weighted by Crippen LogP contribution is -2.41. The number of rotatable bonds is 6. The van der Waals surface area contributed by atoms with Gasteiger partial charge in [-0.2, -0.15) is 0 Å². The molecule has 2 unspecified atom stereocenters. The van der Waals surface area contributed by atoms with Gasteiger partial charge in [-0.15, -0.1) is 0 Å². The maximum absolute atomic E-state index is 9.69. The molecule has 0 fully saturated rings. The number of ether oxygens (including phenoxy) is 1. The summed E-state index contributed by atoms with van der Waals surface area (Å²) in [5, 5.41) is 31.2. The van der Waals surface area contributed by atoms with Gasteiger partial charge in [-0.25, -0.2) is 0 Å². The molecular formula is C13H21NO4. The highest BCUT2D eigenvalue weighted by molar-refractivity contribution is 5.42. The molecule has 0 aliphatic heterocycles. The minimum Gasteiger partial charge on any atom is -0.504 e. The number of phenolic OH excluding ortho intramolecular Hbond substituents is 1. The summed E-state index contributed by atoms with van der Waals surface area (Å²) in [5.41, 5.74) is -0.215. The van der Waals surface area contributed by atoms with E-state index >= 15 is 0 Å². The Morgan fingerprint density at radius 1 is 1.44 bits per heavy atom. The zero-order valence-corrected chi connectivity index (χ0v) is 11.0. The number of phenols is 1. The maximum Gasteiger partial charge on any atom is 0.160 e. The first kappa shape index (κ1) is 14.8. The molecule has 0 radical (unpaired) electrons. The second-order valence-corrected chi connectivity index (χ2v) is 4.69. The van der Waals surface area contributed by atoms with Crippen LogP contribution in [-0.4, -0.2) is 41.2 Å². The van der Waals surface area contributed by atoms with Crippen LogP contribution in [0.5, 0.6) is 11.5 Å². The summed E-state index contributed by atoms with van der Waals surface area (Å²) in [6.45, 7) is 3.46. The molecule has 1 aromatic rings. The number of hydrogen-bond donors (Lipinski definition) is 4. The lowest BCUT2D eigenvalue weighted by molar-refractivity contribution is 0.00105. The molecule has 5 heteroatoms. The standard InChI is InChI=1S/C13H21NO4/c1-9(14-7-13(2,17)8-15)10-4-5-11(16)12(6-10)18-3/h4-6,9,14-17H,7-8H2,1-3H3. The fourth-order valence-electron chi connectivity index (χ4n) is 1.51. The Morgan fingerprint density at radius 3 is 2.67 bits per heavy atom. The Bertz CT molecular complexity index is 393. The number of nitrogens with one attached hydrogen (secondary N) is 1. The minimum atomic E-state index is -1.14. The van der Waals surface area contributed by atoms with Gasteiger partial charge in [0.15, 0.2) is 11.5 Å². The largest absolute Gasteiger partial charge is 0.504 e. The third-order valence-corrected chi connectivity index (χ3v) is 2.83. The number of benzene rings is 1. The fraction of sp³-hybridized carbons (Fsp3) is 0.538. The molecule has 0 aromatic heterocycles. The van der Waals surface area contributed by atoms with Crippen LogP contribution < -0.4 is 10.1 Å². The summed E-state index contributed by atoms with van der Waals surface area (Å²) in [7, 11) is 1.49. The number of aromatic hydroxyl groups is 1. The third kappa shape index (κ3) is 3.87. The lowest BCUT2D eigenvalue weighted by Gasteiger charge is -2.24. The summed E-state index contributed by atoms with van der Waals surface area (Å²) in [6.07, 6.45) is 0. The first-order valence-electron chi connectivity index (χ1n) is 5.83. The van der Waals surface area contributed by atoms with E-state index in [4.69, 9.17) is 9.84 Å². The number of methoxy groups -OCH3 is 1. The van der Waals surface area contributed by atoms with E-state index in [1.165, 1.54) is 7.11 Å². The van der Waals surface area contributed by atoms with E-state index in [0.29, 0.717) is 5.75 Å². The van der Waals surface area contributed by atoms with Crippen LogP contribution in [0.3, 0.4) is 0 Å². The van der Waals surface area contributed by atoms with Gasteiger partial charge >= 0.3 is 0 Å². The predicted molar refractivity (Wildman–Crippen MR) is 68.8 cm³/mol. The van der Waals surface area contributed by atoms with Crippen LogP contribution in [0.15, 0.2) is 18.2 Å². The Balaban J connectivity index is 2.70. The van der Waals surface area contributed by atoms with Crippen LogP contribution >= 0.6 is 0 Å². The van der Waals surface area contributed by atoms with Gasteiger partial charge in [0.1, 0.15) is 0 Å². The van der Waals surface area contributed by atoms with Crippen molar-refractivity contribution in [2.45, 2.75) is 25.5 Å². The monoisotopic (exact) mass is 255 g/mol. The van der Waals surface area contributed by atoms with Crippen molar-refractivity contribution in [3.05, 3.63) is 23.8 Å². The van der Waals surface area contributed by atoms with Gasteiger partial charge in [0.05, 0.1) is 19.3 Å². The number of aliphatic hydroxyl groups excluding tert-OH is 1. The van der Waals surface area contributed by atoms with Crippen molar-refractivity contribution in [3.63, 3.8) is 0 Å². The van der Waals surface area contributed by atoms with Crippen LogP contribution in [0.1, 0.15) is 25.5 Å². The highest BCUT2D eigenvalue weighted by atomic mass is 16.5. The van der Waals surface area contributed by atoms with E-state index in [2.05, 4.69) is 5.32 Å². The van der Waals surface area contributed by atoms with E-state index in [1.54, 1.807) is 25.1 Å². The summed E-state index contributed by atoms with van der Waals surface area (Å²) in [6, 6.07) is 5.05. The van der Waals surface area contributed by atoms with Gasteiger partial charge in [-0.3, -0.25) is 0 Å². The molecule has 0 heterocycles. The Kier molecular flexibility index (Phi) is 4.95. The average molecular weight is 255 g/mol. The molecule has 2 atom stereocenters. The maximum atomic E-state index is 9.69. The topological polar surface area (TPSA) is 82.0 Å². The summed E-state index contributed by atoms with van der Waals surface area (Å²) in [5.74, 6) is 0.505. The van der Waals surface area contributed by atoms with Crippen molar-refractivity contribution in [2.24, 2.45) is 0 Å². The van der Waals surface area contributed by atoms with E-state index in [9.17, 15) is 10.2 Å². The van der Waals surface area contributed by atoms with E-state index in [0.717, 1.165) is 5.56 Å². The Labute approximate surface area is 107 Å². The zero-order valence-electron chi connectivity index (χ0n) is 11.0. The van der Waals surface area contributed by atoms with E-state index in [-0.39, 0.29) is 24.9 Å². The molecule has 4 N–H and O–H groups in total. The first-order chi connectivity index (χ1) is 8.39. The molecule has 0 saturated heterocycles. The van der Waals surface area contributed by atoms with Crippen molar-refractivity contribution in [3.8, 4) is 11.5 Å². The summed E-state index contributed by atoms with van der Waals surface area (Å²) in [4.78, 5) is 0. The number of hydrogen-bond acceptors (Lipinski definition) is 5. The van der Waals surface area contributed by atoms with Gasteiger partial charge in [-0.05, 0) is 31.5 Å². The molecule has 0 aliphatic rings. The molecule has 18 heavy (non-hydrogen) atoms. The van der Waals surface area contributed by atoms with Gasteiger partial charge in [0.2, 0.25) is 0 Å². The molecule has 0 amide bonds. The molecule has 102 valence electrons. The Hall–Kier alpha value is -1.30. The number of aliphatic hydroxyl groups is 2. The van der Waals surface area contributed by atoms with Crippen LogP contribution in [0.4, 0.5) is 0 Å². The molecule has 5 nitrogen and oxygen atoms in total. The van der Waals surface area contributed by atoms with Gasteiger partial charge in [-0.1, -0.05) is 6.07 Å². The summed E-state index contributed by atoms with van der Waals surface area (Å²) >= 11 is 0. The van der Waals surface area contributed by atoms with Crippen molar-refractivity contribution in [1.29, 1.82) is 0 Å². The lowest BCUT2D eigenvalue weighted by atomic mass is 10.0. The molecule has 0 saturated carbocycles. The van der Waals surface area contributed by atoms with Gasteiger partial charge in [0, 0.05) is 12.6 Å². The smallest absolute Gasteiger partial charge is 0.160 e. The second-order valence-electron chi connectivity index (χ2n) is 4.69. The first-order valence-corrected chi connectivity index (χ1v) is 5.83. The van der Waals surface area contributed by atoms with Crippen molar-refractivity contribution < 1.29 is 20.1 Å². The Morgan fingerprint density at radius 2 is 2.11 bits per heavy atom. The zero-order chi connectivity index (χ0) is 13.8. The molecule has 0 bridgehead atoms. The fourth-order valence-corrected chi connectivity index (χ4v) is 1.51. The normalized spacial score (nSPS) is 16.1. The second kappa shape index (κ2) is 6.04. The molecule has 0 spiro atoms. The van der Waals surface area contributed by atoms with Crippen molar-refractivity contribution in [2.75, 3.05) is 20.3 Å². The molecule has 0 aliphatic carbocycles. The quantitative estimate of drug-likeness (QED) is 0.604. The summed E-state index contributed by atoms with van der Waals surface area (Å²) < 4.78 is 5.04. The highest BCUT2D eigenvalue weighted by Crippen LogP contribution is 2.28. The SMILES string of the molecule is COc1cc(C(C)NCC(C)(O)CO)ccc1O. The highest BCUT2D eigenvalue weighted by Gasteiger charge is 2.20. The van der Waals surface area contributed by atoms with Crippen molar-refractivity contribution in [1.82, 2.24) is 5.32 Å². The van der Waals surface area contributed by atoms with E-state index < -0.39 is 5.60 Å². The predicted octanol–water partition coefficient (Wildman–Crippen LogP) is 0.795. The van der Waals surface area contributed by atoms with E-state index in [1.807, 2.05) is 6.92 Å². The van der Waals surface area contributed by atoms with Gasteiger partial charge in [0.25, 0.3) is 0 Å². The van der Waals surface area contributed by atoms with Crippen LogP contribution in [0.25, 0.3) is 0 Å².